The number of hydrogen-bond donors (Lipinski definition) is 1. The van der Waals surface area contributed by atoms with Crippen LogP contribution in [0.1, 0.15) is 12.5 Å². The molecule has 2 aliphatic heterocycles. The molecule has 6 heteroatoms. The monoisotopic (exact) mass is 367 g/mol. The van der Waals surface area contributed by atoms with Crippen molar-refractivity contribution in [3.05, 3.63) is 54.1 Å². The third kappa shape index (κ3) is 4.17. The highest BCUT2D eigenvalue weighted by molar-refractivity contribution is 5.90. The Morgan fingerprint density at radius 2 is 1.85 bits per heavy atom. The van der Waals surface area contributed by atoms with Crippen LogP contribution in [0.4, 0.5) is 10.5 Å². The van der Waals surface area contributed by atoms with Crippen LogP contribution in [-0.2, 0) is 6.54 Å². The number of anilines is 1. The number of urea groups is 1. The number of rotatable bonds is 3. The maximum absolute atomic E-state index is 12.7. The summed E-state index contributed by atoms with van der Waals surface area (Å²) >= 11 is 0. The predicted molar refractivity (Wildman–Crippen MR) is 104 cm³/mol. The molecule has 1 unspecified atom stereocenters. The minimum atomic E-state index is -0.0708. The molecule has 2 heterocycles. The molecule has 2 aromatic rings. The Labute approximate surface area is 159 Å². The van der Waals surface area contributed by atoms with Gasteiger partial charge < -0.3 is 19.7 Å². The summed E-state index contributed by atoms with van der Waals surface area (Å²) in [5.41, 5.74) is 2.03. The number of carbonyl (C=O) groups is 1. The summed E-state index contributed by atoms with van der Waals surface area (Å²) < 4.78 is 11.1. The molecule has 27 heavy (non-hydrogen) atoms. The van der Waals surface area contributed by atoms with Crippen LogP contribution in [0.2, 0.25) is 0 Å². The molecule has 1 saturated heterocycles. The standard InChI is InChI=1S/C21H25N3O3/c1-16-14-23(15-17-5-3-2-4-6-17)9-10-24(16)21(25)22-18-7-8-19-20(13-18)27-12-11-26-19/h2-8,13,16H,9-12,14-15H2,1H3,(H,22,25). The van der Waals surface area contributed by atoms with Gasteiger partial charge in [0.15, 0.2) is 11.5 Å². The van der Waals surface area contributed by atoms with E-state index in [1.807, 2.05) is 29.2 Å². The van der Waals surface area contributed by atoms with Gasteiger partial charge in [0, 0.05) is 44.0 Å². The van der Waals surface area contributed by atoms with E-state index in [0.29, 0.717) is 25.5 Å². The van der Waals surface area contributed by atoms with E-state index < -0.39 is 0 Å². The van der Waals surface area contributed by atoms with E-state index in [0.717, 1.165) is 31.1 Å². The van der Waals surface area contributed by atoms with E-state index >= 15 is 0 Å². The number of ether oxygens (including phenoxy) is 2. The van der Waals surface area contributed by atoms with Gasteiger partial charge in [-0.3, -0.25) is 4.90 Å². The lowest BCUT2D eigenvalue weighted by Gasteiger charge is -2.39. The summed E-state index contributed by atoms with van der Waals surface area (Å²) in [5.74, 6) is 1.40. The van der Waals surface area contributed by atoms with E-state index in [1.54, 1.807) is 0 Å². The first-order valence-corrected chi connectivity index (χ1v) is 9.42. The molecule has 1 atom stereocenters. The first-order valence-electron chi connectivity index (χ1n) is 9.42. The lowest BCUT2D eigenvalue weighted by molar-refractivity contribution is 0.104. The maximum Gasteiger partial charge on any atom is 0.322 e. The Hall–Kier alpha value is -2.73. The quantitative estimate of drug-likeness (QED) is 0.905. The molecule has 2 aliphatic rings. The highest BCUT2D eigenvalue weighted by atomic mass is 16.6. The van der Waals surface area contributed by atoms with E-state index in [2.05, 4.69) is 41.4 Å². The SMILES string of the molecule is CC1CN(Cc2ccccc2)CCN1C(=O)Nc1ccc2c(c1)OCCO2. The molecule has 0 saturated carbocycles. The zero-order valence-electron chi connectivity index (χ0n) is 15.6. The number of hydrogen-bond acceptors (Lipinski definition) is 4. The Bertz CT molecular complexity index is 797. The third-order valence-electron chi connectivity index (χ3n) is 5.01. The summed E-state index contributed by atoms with van der Waals surface area (Å²) in [5, 5.41) is 2.99. The molecule has 1 N–H and O–H groups in total. The lowest BCUT2D eigenvalue weighted by Crippen LogP contribution is -2.54. The van der Waals surface area contributed by atoms with E-state index in [9.17, 15) is 4.79 Å². The van der Waals surface area contributed by atoms with Gasteiger partial charge in [-0.2, -0.15) is 0 Å². The molecule has 142 valence electrons. The van der Waals surface area contributed by atoms with Crippen LogP contribution in [-0.4, -0.2) is 54.7 Å². The number of carbonyl (C=O) groups excluding carboxylic acids is 1. The van der Waals surface area contributed by atoms with Crippen LogP contribution in [0.5, 0.6) is 11.5 Å². The van der Waals surface area contributed by atoms with Crippen LogP contribution in [0.3, 0.4) is 0 Å². The highest BCUT2D eigenvalue weighted by Crippen LogP contribution is 2.32. The number of nitrogens with zero attached hydrogens (tertiary/aromatic N) is 2. The van der Waals surface area contributed by atoms with Crippen molar-refractivity contribution in [1.82, 2.24) is 9.80 Å². The van der Waals surface area contributed by atoms with Crippen molar-refractivity contribution in [2.45, 2.75) is 19.5 Å². The molecule has 4 rings (SSSR count). The predicted octanol–water partition coefficient (Wildman–Crippen LogP) is 3.20. The molecule has 0 radical (unpaired) electrons. The smallest absolute Gasteiger partial charge is 0.322 e. The van der Waals surface area contributed by atoms with Crippen LogP contribution in [0.25, 0.3) is 0 Å². The average Bonchev–Trinajstić information content (AvgIpc) is 2.69. The average molecular weight is 367 g/mol. The van der Waals surface area contributed by atoms with Crippen molar-refractivity contribution < 1.29 is 14.3 Å². The first-order chi connectivity index (χ1) is 13.2. The number of piperazine rings is 1. The van der Waals surface area contributed by atoms with Gasteiger partial charge >= 0.3 is 6.03 Å². The molecule has 0 spiro atoms. The first kappa shape index (κ1) is 17.7. The van der Waals surface area contributed by atoms with E-state index in [1.165, 1.54) is 5.56 Å². The van der Waals surface area contributed by atoms with Gasteiger partial charge in [0.05, 0.1) is 0 Å². The van der Waals surface area contributed by atoms with Crippen molar-refractivity contribution in [2.75, 3.05) is 38.2 Å². The topological polar surface area (TPSA) is 54.0 Å². The summed E-state index contributed by atoms with van der Waals surface area (Å²) in [6, 6.07) is 16.0. The largest absolute Gasteiger partial charge is 0.486 e. The van der Waals surface area contributed by atoms with E-state index in [4.69, 9.17) is 9.47 Å². The van der Waals surface area contributed by atoms with Gasteiger partial charge in [-0.15, -0.1) is 0 Å². The second kappa shape index (κ2) is 7.88. The van der Waals surface area contributed by atoms with Gasteiger partial charge in [0.2, 0.25) is 0 Å². The fraction of sp³-hybridized carbons (Fsp3) is 0.381. The van der Waals surface area contributed by atoms with Crippen molar-refractivity contribution in [3.8, 4) is 11.5 Å². The zero-order valence-corrected chi connectivity index (χ0v) is 15.6. The summed E-state index contributed by atoms with van der Waals surface area (Å²) in [6.07, 6.45) is 0. The number of benzene rings is 2. The minimum Gasteiger partial charge on any atom is -0.486 e. The Balaban J connectivity index is 1.34. The van der Waals surface area contributed by atoms with Crippen LogP contribution < -0.4 is 14.8 Å². The number of amides is 2. The van der Waals surface area contributed by atoms with E-state index in [-0.39, 0.29) is 12.1 Å². The van der Waals surface area contributed by atoms with Gasteiger partial charge in [0.25, 0.3) is 0 Å². The fourth-order valence-corrected chi connectivity index (χ4v) is 3.64. The molecule has 2 amide bonds. The normalized spacial score (nSPS) is 19.6. The third-order valence-corrected chi connectivity index (χ3v) is 5.01. The van der Waals surface area contributed by atoms with Crippen molar-refractivity contribution >= 4 is 11.7 Å². The molecule has 0 bridgehead atoms. The van der Waals surface area contributed by atoms with Gasteiger partial charge in [-0.05, 0) is 24.6 Å². The van der Waals surface area contributed by atoms with Gasteiger partial charge in [-0.1, -0.05) is 30.3 Å². The summed E-state index contributed by atoms with van der Waals surface area (Å²) in [4.78, 5) is 17.0. The van der Waals surface area contributed by atoms with Crippen LogP contribution in [0.15, 0.2) is 48.5 Å². The molecule has 6 nitrogen and oxygen atoms in total. The molecule has 2 aromatic carbocycles. The molecule has 1 fully saturated rings. The van der Waals surface area contributed by atoms with Crippen LogP contribution >= 0.6 is 0 Å². The van der Waals surface area contributed by atoms with Crippen molar-refractivity contribution in [3.63, 3.8) is 0 Å². The second-order valence-corrected chi connectivity index (χ2v) is 7.05. The molecular weight excluding hydrogens is 342 g/mol. The molecule has 0 aromatic heterocycles. The molecule has 0 aliphatic carbocycles. The van der Waals surface area contributed by atoms with Crippen molar-refractivity contribution in [1.29, 1.82) is 0 Å². The minimum absolute atomic E-state index is 0.0708. The number of nitrogens with one attached hydrogen (secondary N) is 1. The highest BCUT2D eigenvalue weighted by Gasteiger charge is 2.27. The summed E-state index contributed by atoms with van der Waals surface area (Å²) in [7, 11) is 0. The second-order valence-electron chi connectivity index (χ2n) is 7.05. The Morgan fingerprint density at radius 1 is 1.07 bits per heavy atom. The maximum atomic E-state index is 12.7. The lowest BCUT2D eigenvalue weighted by atomic mass is 10.1. The Kier molecular flexibility index (Phi) is 5.16. The fourth-order valence-electron chi connectivity index (χ4n) is 3.64. The van der Waals surface area contributed by atoms with Crippen LogP contribution in [0, 0.1) is 0 Å². The van der Waals surface area contributed by atoms with Gasteiger partial charge in [0.1, 0.15) is 13.2 Å². The summed E-state index contributed by atoms with van der Waals surface area (Å²) in [6.45, 7) is 6.55. The van der Waals surface area contributed by atoms with Crippen molar-refractivity contribution in [2.24, 2.45) is 0 Å². The molecular formula is C21H25N3O3. The zero-order chi connectivity index (χ0) is 18.6. The van der Waals surface area contributed by atoms with Gasteiger partial charge in [-0.25, -0.2) is 4.79 Å². The Morgan fingerprint density at radius 3 is 2.63 bits per heavy atom. The number of fused-ring (bicyclic) bond motifs is 1.